The van der Waals surface area contributed by atoms with Gasteiger partial charge in [0.2, 0.25) is 0 Å². The zero-order chi connectivity index (χ0) is 28.3. The molecule has 0 unspecified atom stereocenters. The van der Waals surface area contributed by atoms with Crippen LogP contribution in [-0.2, 0) is 0 Å². The van der Waals surface area contributed by atoms with Crippen molar-refractivity contribution in [1.29, 1.82) is 0 Å². The summed E-state index contributed by atoms with van der Waals surface area (Å²) in [5.74, 6) is 1.83. The Balaban J connectivity index is 1.19. The van der Waals surface area contributed by atoms with E-state index in [0.29, 0.717) is 0 Å². The Morgan fingerprint density at radius 1 is 0.326 bits per heavy atom. The third-order valence-corrected chi connectivity index (χ3v) is 8.86. The van der Waals surface area contributed by atoms with E-state index in [0.717, 1.165) is 17.1 Å². The number of hydrogen-bond donors (Lipinski definition) is 0. The first-order chi connectivity index (χ1) is 21.3. The number of rotatable bonds is 3. The van der Waals surface area contributed by atoms with Crippen molar-refractivity contribution in [2.45, 2.75) is 0 Å². The highest BCUT2D eigenvalue weighted by atomic mass is 16.5. The van der Waals surface area contributed by atoms with Gasteiger partial charge in [0.15, 0.2) is 0 Å². The maximum Gasteiger partial charge on any atom is 0.135 e. The number of fused-ring (bicyclic) bond motifs is 4. The zero-order valence-electron chi connectivity index (χ0n) is 23.4. The Morgan fingerprint density at radius 2 is 0.860 bits per heavy atom. The molecule has 8 aromatic carbocycles. The molecule has 0 bridgehead atoms. The van der Waals surface area contributed by atoms with Gasteiger partial charge < -0.3 is 4.74 Å². The molecule has 200 valence electrons. The van der Waals surface area contributed by atoms with Crippen LogP contribution in [0, 0.1) is 0 Å². The fourth-order valence-corrected chi connectivity index (χ4v) is 6.93. The highest BCUT2D eigenvalue weighted by Gasteiger charge is 2.21. The van der Waals surface area contributed by atoms with Crippen molar-refractivity contribution >= 4 is 32.3 Å². The first-order valence-corrected chi connectivity index (χ1v) is 14.8. The standard InChI is InChI=1S/C42H26O/c1-2-10-28(11-3-1)40-32-14-4-6-16-34(32)41(35-17-7-5-15-33(35)40)30-22-20-27(21-23-30)31-24-25-38-37(26-31)36-18-8-12-29-13-9-19-39(43-38)42(29)36/h1-26H. The maximum absolute atomic E-state index is 6.34. The Bertz CT molecular complexity index is 2290. The van der Waals surface area contributed by atoms with Crippen LogP contribution in [0.4, 0.5) is 0 Å². The van der Waals surface area contributed by atoms with E-state index in [1.165, 1.54) is 71.3 Å². The summed E-state index contributed by atoms with van der Waals surface area (Å²) in [7, 11) is 0. The van der Waals surface area contributed by atoms with Crippen LogP contribution in [-0.4, -0.2) is 0 Å². The molecule has 9 rings (SSSR count). The molecule has 0 aliphatic carbocycles. The second-order valence-electron chi connectivity index (χ2n) is 11.3. The fraction of sp³-hybridized carbons (Fsp3) is 0. The summed E-state index contributed by atoms with van der Waals surface area (Å²) in [6.07, 6.45) is 0. The van der Waals surface area contributed by atoms with Gasteiger partial charge >= 0.3 is 0 Å². The topological polar surface area (TPSA) is 9.23 Å². The molecule has 1 nitrogen and oxygen atoms in total. The van der Waals surface area contributed by atoms with Crippen LogP contribution < -0.4 is 4.74 Å². The number of ether oxygens (including phenoxy) is 1. The predicted octanol–water partition coefficient (Wildman–Crippen LogP) is 11.9. The van der Waals surface area contributed by atoms with Gasteiger partial charge in [-0.3, -0.25) is 0 Å². The van der Waals surface area contributed by atoms with E-state index in [2.05, 4.69) is 158 Å². The van der Waals surface area contributed by atoms with Crippen LogP contribution >= 0.6 is 0 Å². The van der Waals surface area contributed by atoms with Crippen LogP contribution in [0.5, 0.6) is 11.5 Å². The molecule has 0 radical (unpaired) electrons. The second kappa shape index (κ2) is 9.44. The Morgan fingerprint density at radius 3 is 1.51 bits per heavy atom. The smallest absolute Gasteiger partial charge is 0.135 e. The van der Waals surface area contributed by atoms with Gasteiger partial charge in [-0.1, -0.05) is 140 Å². The molecule has 1 aliphatic rings. The molecular formula is C42H26O. The lowest BCUT2D eigenvalue weighted by Crippen LogP contribution is -1.97. The Kier molecular flexibility index (Phi) is 5.27. The molecule has 0 saturated heterocycles. The third kappa shape index (κ3) is 3.72. The normalized spacial score (nSPS) is 11.9. The van der Waals surface area contributed by atoms with Crippen molar-refractivity contribution in [3.8, 4) is 56.0 Å². The molecule has 43 heavy (non-hydrogen) atoms. The van der Waals surface area contributed by atoms with E-state index in [4.69, 9.17) is 4.74 Å². The lowest BCUT2D eigenvalue weighted by Gasteiger charge is -2.22. The molecule has 0 N–H and O–H groups in total. The van der Waals surface area contributed by atoms with Crippen LogP contribution in [0.3, 0.4) is 0 Å². The quantitative estimate of drug-likeness (QED) is 0.200. The number of hydrogen-bond acceptors (Lipinski definition) is 1. The van der Waals surface area contributed by atoms with E-state index in [9.17, 15) is 0 Å². The van der Waals surface area contributed by atoms with Crippen LogP contribution in [0.1, 0.15) is 0 Å². The van der Waals surface area contributed by atoms with E-state index in [1.807, 2.05) is 0 Å². The lowest BCUT2D eigenvalue weighted by molar-refractivity contribution is 0.487. The van der Waals surface area contributed by atoms with E-state index in [-0.39, 0.29) is 0 Å². The molecular weight excluding hydrogens is 520 g/mol. The van der Waals surface area contributed by atoms with Crippen molar-refractivity contribution in [3.63, 3.8) is 0 Å². The van der Waals surface area contributed by atoms with Crippen molar-refractivity contribution in [3.05, 3.63) is 158 Å². The van der Waals surface area contributed by atoms with E-state index >= 15 is 0 Å². The highest BCUT2D eigenvalue weighted by Crippen LogP contribution is 2.48. The Hall–Kier alpha value is -5.66. The van der Waals surface area contributed by atoms with Gasteiger partial charge in [-0.2, -0.15) is 0 Å². The minimum Gasteiger partial charge on any atom is -0.456 e. The van der Waals surface area contributed by atoms with Crippen molar-refractivity contribution < 1.29 is 4.74 Å². The molecule has 1 heteroatoms. The summed E-state index contributed by atoms with van der Waals surface area (Å²) in [5, 5.41) is 7.47. The summed E-state index contributed by atoms with van der Waals surface area (Å²) in [6.45, 7) is 0. The van der Waals surface area contributed by atoms with Gasteiger partial charge in [0, 0.05) is 10.9 Å². The second-order valence-corrected chi connectivity index (χ2v) is 11.3. The molecule has 8 aromatic rings. The van der Waals surface area contributed by atoms with E-state index in [1.54, 1.807) is 0 Å². The molecule has 0 fully saturated rings. The van der Waals surface area contributed by atoms with Gasteiger partial charge in [-0.25, -0.2) is 0 Å². The minimum atomic E-state index is 0.906. The maximum atomic E-state index is 6.34. The summed E-state index contributed by atoms with van der Waals surface area (Å²) < 4.78 is 6.34. The monoisotopic (exact) mass is 546 g/mol. The molecule has 0 aromatic heterocycles. The molecule has 1 heterocycles. The van der Waals surface area contributed by atoms with Crippen LogP contribution in [0.15, 0.2) is 158 Å². The average molecular weight is 547 g/mol. The predicted molar refractivity (Wildman–Crippen MR) is 181 cm³/mol. The SMILES string of the molecule is c1ccc(-c2c3ccccc3c(-c3ccc(-c4ccc5c(c4)-c4cccc6cccc(c46)O5)cc3)c3ccccc23)cc1. The molecule has 0 atom stereocenters. The molecule has 0 saturated carbocycles. The van der Waals surface area contributed by atoms with Crippen LogP contribution in [0.25, 0.3) is 76.8 Å². The summed E-state index contributed by atoms with van der Waals surface area (Å²) in [4.78, 5) is 0. The summed E-state index contributed by atoms with van der Waals surface area (Å²) in [5.41, 5.74) is 9.76. The van der Waals surface area contributed by atoms with Gasteiger partial charge in [0.05, 0.1) is 0 Å². The van der Waals surface area contributed by atoms with Crippen molar-refractivity contribution in [2.24, 2.45) is 0 Å². The van der Waals surface area contributed by atoms with Gasteiger partial charge in [-0.05, 0) is 84.1 Å². The molecule has 0 amide bonds. The Labute approximate surface area is 250 Å². The minimum absolute atomic E-state index is 0.906. The summed E-state index contributed by atoms with van der Waals surface area (Å²) in [6, 6.07) is 56.8. The lowest BCUT2D eigenvalue weighted by atomic mass is 9.85. The summed E-state index contributed by atoms with van der Waals surface area (Å²) >= 11 is 0. The molecule has 0 spiro atoms. The fourth-order valence-electron chi connectivity index (χ4n) is 6.93. The van der Waals surface area contributed by atoms with Gasteiger partial charge in [0.25, 0.3) is 0 Å². The van der Waals surface area contributed by atoms with Gasteiger partial charge in [-0.15, -0.1) is 0 Å². The van der Waals surface area contributed by atoms with Crippen LogP contribution in [0.2, 0.25) is 0 Å². The highest BCUT2D eigenvalue weighted by molar-refractivity contribution is 6.21. The third-order valence-electron chi connectivity index (χ3n) is 8.86. The number of benzene rings is 8. The molecule has 1 aliphatic heterocycles. The van der Waals surface area contributed by atoms with Crippen molar-refractivity contribution in [2.75, 3.05) is 0 Å². The van der Waals surface area contributed by atoms with Gasteiger partial charge in [0.1, 0.15) is 11.5 Å². The van der Waals surface area contributed by atoms with E-state index < -0.39 is 0 Å². The largest absolute Gasteiger partial charge is 0.456 e. The average Bonchev–Trinajstić information content (AvgIpc) is 3.08. The van der Waals surface area contributed by atoms with Crippen molar-refractivity contribution in [1.82, 2.24) is 0 Å². The first-order valence-electron chi connectivity index (χ1n) is 14.8. The zero-order valence-corrected chi connectivity index (χ0v) is 23.4. The first kappa shape index (κ1) is 24.0.